The largest absolute Gasteiger partial charge is 0.396 e. The maximum Gasteiger partial charge on any atom is 0.272 e. The van der Waals surface area contributed by atoms with Crippen LogP contribution in [0.25, 0.3) is 0 Å². The van der Waals surface area contributed by atoms with E-state index >= 15 is 0 Å². The monoisotopic (exact) mass is 222 g/mol. The zero-order valence-corrected chi connectivity index (χ0v) is 9.76. The first-order valence-corrected chi connectivity index (χ1v) is 5.49. The molecule has 0 fully saturated rings. The van der Waals surface area contributed by atoms with Crippen LogP contribution in [-0.2, 0) is 0 Å². The SMILES string of the molecule is CC(C)N(CCCO)C(=O)c1ccccn1. The predicted octanol–water partition coefficient (Wildman–Crippen LogP) is 1.31. The van der Waals surface area contributed by atoms with Crippen LogP contribution in [0.2, 0.25) is 0 Å². The van der Waals surface area contributed by atoms with Crippen LogP contribution in [0.4, 0.5) is 0 Å². The lowest BCUT2D eigenvalue weighted by Crippen LogP contribution is -2.38. The highest BCUT2D eigenvalue weighted by Gasteiger charge is 2.18. The molecule has 0 aromatic carbocycles. The lowest BCUT2D eigenvalue weighted by Gasteiger charge is -2.26. The normalized spacial score (nSPS) is 10.5. The molecule has 0 unspecified atom stereocenters. The molecule has 0 saturated heterocycles. The standard InChI is InChI=1S/C12H18N2O2/c1-10(2)14(8-5-9-15)12(16)11-6-3-4-7-13-11/h3-4,6-7,10,15H,5,8-9H2,1-2H3. The Bertz CT molecular complexity index is 325. The zero-order chi connectivity index (χ0) is 12.0. The Hall–Kier alpha value is -1.42. The van der Waals surface area contributed by atoms with E-state index in [-0.39, 0.29) is 18.6 Å². The Morgan fingerprint density at radius 2 is 2.25 bits per heavy atom. The Morgan fingerprint density at radius 3 is 2.75 bits per heavy atom. The molecule has 0 spiro atoms. The second kappa shape index (κ2) is 6.23. The minimum atomic E-state index is -0.0796. The molecule has 16 heavy (non-hydrogen) atoms. The summed E-state index contributed by atoms with van der Waals surface area (Å²) in [6.07, 6.45) is 2.20. The molecule has 4 heteroatoms. The summed E-state index contributed by atoms with van der Waals surface area (Å²) in [6.45, 7) is 4.57. The van der Waals surface area contributed by atoms with Crippen LogP contribution in [0.1, 0.15) is 30.8 Å². The predicted molar refractivity (Wildman–Crippen MR) is 62.1 cm³/mol. The summed E-state index contributed by atoms with van der Waals surface area (Å²) in [5, 5.41) is 8.80. The molecule has 88 valence electrons. The second-order valence-electron chi connectivity index (χ2n) is 3.88. The van der Waals surface area contributed by atoms with Crippen LogP contribution < -0.4 is 0 Å². The Kier molecular flexibility index (Phi) is 4.92. The van der Waals surface area contributed by atoms with Crippen molar-refractivity contribution in [3.63, 3.8) is 0 Å². The van der Waals surface area contributed by atoms with Crippen LogP contribution in [-0.4, -0.2) is 40.1 Å². The Morgan fingerprint density at radius 1 is 1.50 bits per heavy atom. The van der Waals surface area contributed by atoms with E-state index in [1.807, 2.05) is 13.8 Å². The highest BCUT2D eigenvalue weighted by Crippen LogP contribution is 2.06. The highest BCUT2D eigenvalue weighted by molar-refractivity contribution is 5.92. The summed E-state index contributed by atoms with van der Waals surface area (Å²) in [5.74, 6) is -0.0796. The Balaban J connectivity index is 2.75. The summed E-state index contributed by atoms with van der Waals surface area (Å²) in [7, 11) is 0. The van der Waals surface area contributed by atoms with Crippen molar-refractivity contribution < 1.29 is 9.90 Å². The molecular weight excluding hydrogens is 204 g/mol. The number of hydrogen-bond acceptors (Lipinski definition) is 3. The lowest BCUT2D eigenvalue weighted by atomic mass is 10.2. The number of aliphatic hydroxyl groups is 1. The van der Waals surface area contributed by atoms with E-state index in [0.717, 1.165) is 0 Å². The van der Waals surface area contributed by atoms with Crippen molar-refractivity contribution in [1.29, 1.82) is 0 Å². The molecule has 1 N–H and O–H groups in total. The Labute approximate surface area is 95.9 Å². The van der Waals surface area contributed by atoms with Crippen molar-refractivity contribution in [3.05, 3.63) is 30.1 Å². The van der Waals surface area contributed by atoms with Crippen molar-refractivity contribution in [3.8, 4) is 0 Å². The fourth-order valence-electron chi connectivity index (χ4n) is 1.47. The highest BCUT2D eigenvalue weighted by atomic mass is 16.3. The number of carbonyl (C=O) groups excluding carboxylic acids is 1. The van der Waals surface area contributed by atoms with Gasteiger partial charge in [-0.2, -0.15) is 0 Å². The molecule has 0 aliphatic rings. The third-order valence-corrected chi connectivity index (χ3v) is 2.33. The molecule has 0 aliphatic carbocycles. The van der Waals surface area contributed by atoms with Gasteiger partial charge in [-0.1, -0.05) is 6.07 Å². The van der Waals surface area contributed by atoms with Gasteiger partial charge in [0.2, 0.25) is 0 Å². The third kappa shape index (κ3) is 3.31. The van der Waals surface area contributed by atoms with E-state index in [9.17, 15) is 4.79 Å². The van der Waals surface area contributed by atoms with Gasteiger partial charge in [-0.15, -0.1) is 0 Å². The van der Waals surface area contributed by atoms with E-state index in [4.69, 9.17) is 5.11 Å². The van der Waals surface area contributed by atoms with Crippen LogP contribution in [0.5, 0.6) is 0 Å². The molecule has 1 aromatic heterocycles. The minimum absolute atomic E-state index is 0.0796. The topological polar surface area (TPSA) is 53.4 Å². The third-order valence-electron chi connectivity index (χ3n) is 2.33. The summed E-state index contributed by atoms with van der Waals surface area (Å²) < 4.78 is 0. The molecule has 1 aromatic rings. The second-order valence-corrected chi connectivity index (χ2v) is 3.88. The molecule has 1 rings (SSSR count). The number of nitrogens with zero attached hydrogens (tertiary/aromatic N) is 2. The van der Waals surface area contributed by atoms with Gasteiger partial charge < -0.3 is 10.0 Å². The van der Waals surface area contributed by atoms with Crippen molar-refractivity contribution in [2.24, 2.45) is 0 Å². The van der Waals surface area contributed by atoms with Crippen molar-refractivity contribution in [1.82, 2.24) is 9.88 Å². The van der Waals surface area contributed by atoms with Gasteiger partial charge in [0.05, 0.1) is 0 Å². The number of aliphatic hydroxyl groups excluding tert-OH is 1. The van der Waals surface area contributed by atoms with Gasteiger partial charge in [0, 0.05) is 25.4 Å². The van der Waals surface area contributed by atoms with Gasteiger partial charge in [0.15, 0.2) is 0 Å². The number of aromatic nitrogens is 1. The average Bonchev–Trinajstić information content (AvgIpc) is 2.30. The average molecular weight is 222 g/mol. The molecule has 4 nitrogen and oxygen atoms in total. The molecule has 1 amide bonds. The van der Waals surface area contributed by atoms with Crippen LogP contribution in [0.3, 0.4) is 0 Å². The fraction of sp³-hybridized carbons (Fsp3) is 0.500. The maximum atomic E-state index is 12.1. The summed E-state index contributed by atoms with van der Waals surface area (Å²) in [5.41, 5.74) is 0.453. The quantitative estimate of drug-likeness (QED) is 0.817. The first-order valence-electron chi connectivity index (χ1n) is 5.49. The number of amides is 1. The van der Waals surface area contributed by atoms with E-state index in [1.54, 1.807) is 29.3 Å². The first-order chi connectivity index (χ1) is 7.66. The number of pyridine rings is 1. The van der Waals surface area contributed by atoms with Gasteiger partial charge in [0.1, 0.15) is 5.69 Å². The van der Waals surface area contributed by atoms with Gasteiger partial charge in [-0.25, -0.2) is 0 Å². The van der Waals surface area contributed by atoms with Crippen molar-refractivity contribution >= 4 is 5.91 Å². The van der Waals surface area contributed by atoms with E-state index in [0.29, 0.717) is 18.7 Å². The van der Waals surface area contributed by atoms with E-state index < -0.39 is 0 Å². The molecule has 0 aliphatic heterocycles. The summed E-state index contributed by atoms with van der Waals surface area (Å²) in [6, 6.07) is 5.40. The van der Waals surface area contributed by atoms with Crippen molar-refractivity contribution in [2.45, 2.75) is 26.3 Å². The van der Waals surface area contributed by atoms with Gasteiger partial charge in [-0.05, 0) is 32.4 Å². The number of carbonyl (C=O) groups is 1. The fourth-order valence-corrected chi connectivity index (χ4v) is 1.47. The van der Waals surface area contributed by atoms with Crippen LogP contribution in [0.15, 0.2) is 24.4 Å². The number of rotatable bonds is 5. The van der Waals surface area contributed by atoms with Crippen LogP contribution >= 0.6 is 0 Å². The maximum absolute atomic E-state index is 12.1. The van der Waals surface area contributed by atoms with Gasteiger partial charge >= 0.3 is 0 Å². The molecule has 0 radical (unpaired) electrons. The zero-order valence-electron chi connectivity index (χ0n) is 9.76. The summed E-state index contributed by atoms with van der Waals surface area (Å²) in [4.78, 5) is 17.8. The molecule has 0 bridgehead atoms. The molecule has 1 heterocycles. The molecular formula is C12H18N2O2. The van der Waals surface area contributed by atoms with Gasteiger partial charge in [-0.3, -0.25) is 9.78 Å². The molecule has 0 saturated carbocycles. The smallest absolute Gasteiger partial charge is 0.272 e. The van der Waals surface area contributed by atoms with E-state index in [1.165, 1.54) is 0 Å². The summed E-state index contributed by atoms with van der Waals surface area (Å²) >= 11 is 0. The van der Waals surface area contributed by atoms with Crippen molar-refractivity contribution in [2.75, 3.05) is 13.2 Å². The van der Waals surface area contributed by atoms with Gasteiger partial charge in [0.25, 0.3) is 5.91 Å². The first kappa shape index (κ1) is 12.6. The minimum Gasteiger partial charge on any atom is -0.396 e. The lowest BCUT2D eigenvalue weighted by molar-refractivity contribution is 0.0687. The van der Waals surface area contributed by atoms with Crippen LogP contribution in [0, 0.1) is 0 Å². The van der Waals surface area contributed by atoms with E-state index in [2.05, 4.69) is 4.98 Å². The number of hydrogen-bond donors (Lipinski definition) is 1. The molecule has 0 atom stereocenters.